The van der Waals surface area contributed by atoms with E-state index in [2.05, 4.69) is 36.5 Å². The van der Waals surface area contributed by atoms with Gasteiger partial charge in [0.2, 0.25) is 5.89 Å². The van der Waals surface area contributed by atoms with E-state index in [0.717, 1.165) is 32.7 Å². The van der Waals surface area contributed by atoms with Crippen molar-refractivity contribution in [1.29, 1.82) is 0 Å². The Labute approximate surface area is 121 Å². The van der Waals surface area contributed by atoms with Crippen molar-refractivity contribution in [3.63, 3.8) is 0 Å². The molecule has 3 heterocycles. The maximum absolute atomic E-state index is 5.26. The summed E-state index contributed by atoms with van der Waals surface area (Å²) in [7, 11) is 0. The van der Waals surface area contributed by atoms with Gasteiger partial charge < -0.3 is 4.52 Å². The molecule has 0 aliphatic carbocycles. The zero-order valence-electron chi connectivity index (χ0n) is 11.7. The van der Waals surface area contributed by atoms with Crippen LogP contribution in [0.15, 0.2) is 10.7 Å². The molecule has 0 N–H and O–H groups in total. The number of aromatic nitrogens is 4. The van der Waals surface area contributed by atoms with Gasteiger partial charge in [0.25, 0.3) is 0 Å². The van der Waals surface area contributed by atoms with E-state index in [4.69, 9.17) is 4.52 Å². The van der Waals surface area contributed by atoms with Gasteiger partial charge in [-0.2, -0.15) is 4.98 Å². The summed E-state index contributed by atoms with van der Waals surface area (Å²) in [6.45, 7) is 9.00. The van der Waals surface area contributed by atoms with Gasteiger partial charge >= 0.3 is 0 Å². The highest BCUT2D eigenvalue weighted by Gasteiger charge is 2.25. The van der Waals surface area contributed by atoms with Crippen LogP contribution >= 0.6 is 11.5 Å². The molecule has 7 nitrogen and oxygen atoms in total. The normalized spacial score (nSPS) is 19.3. The molecule has 8 heteroatoms. The number of hydrogen-bond acceptors (Lipinski definition) is 8. The summed E-state index contributed by atoms with van der Waals surface area (Å²) in [5.74, 6) is 1.41. The van der Waals surface area contributed by atoms with E-state index >= 15 is 0 Å². The molecule has 1 aliphatic rings. The van der Waals surface area contributed by atoms with Crippen LogP contribution in [0.2, 0.25) is 0 Å². The SMILES string of the molecule is Cc1noc(C(C)N2CCN(Cc3cnns3)CC2)n1. The van der Waals surface area contributed by atoms with Crippen LogP contribution < -0.4 is 0 Å². The summed E-state index contributed by atoms with van der Waals surface area (Å²) in [5, 5.41) is 7.74. The minimum atomic E-state index is 0.184. The highest BCUT2D eigenvalue weighted by molar-refractivity contribution is 7.05. The van der Waals surface area contributed by atoms with E-state index in [-0.39, 0.29) is 6.04 Å². The topological polar surface area (TPSA) is 71.2 Å². The lowest BCUT2D eigenvalue weighted by Gasteiger charge is -2.36. The van der Waals surface area contributed by atoms with Crippen molar-refractivity contribution in [2.24, 2.45) is 0 Å². The molecule has 1 saturated heterocycles. The van der Waals surface area contributed by atoms with E-state index in [1.54, 1.807) is 0 Å². The van der Waals surface area contributed by atoms with Crippen LogP contribution in [0.25, 0.3) is 0 Å². The first-order chi connectivity index (χ1) is 9.72. The molecule has 2 aromatic heterocycles. The van der Waals surface area contributed by atoms with Crippen LogP contribution in [0.3, 0.4) is 0 Å². The number of piperazine rings is 1. The molecule has 0 spiro atoms. The van der Waals surface area contributed by atoms with E-state index in [0.29, 0.717) is 11.7 Å². The first-order valence-electron chi connectivity index (χ1n) is 6.75. The van der Waals surface area contributed by atoms with Crippen LogP contribution in [0, 0.1) is 6.92 Å². The van der Waals surface area contributed by atoms with Crippen LogP contribution in [0.1, 0.15) is 29.6 Å². The summed E-state index contributed by atoms with van der Waals surface area (Å²) < 4.78 is 9.16. The fraction of sp³-hybridized carbons (Fsp3) is 0.667. The monoisotopic (exact) mass is 294 g/mol. The van der Waals surface area contributed by atoms with Gasteiger partial charge in [0, 0.05) is 32.7 Å². The minimum absolute atomic E-state index is 0.184. The molecule has 0 saturated carbocycles. The standard InChI is InChI=1S/C12H18N6OS/c1-9(12-14-10(2)15-19-12)18-5-3-17(4-6-18)8-11-7-13-16-20-11/h7,9H,3-6,8H2,1-2H3. The molecule has 1 unspecified atom stereocenters. The lowest BCUT2D eigenvalue weighted by Crippen LogP contribution is -2.46. The second kappa shape index (κ2) is 5.94. The molecule has 0 bridgehead atoms. The fourth-order valence-corrected chi connectivity index (χ4v) is 2.96. The molecular weight excluding hydrogens is 276 g/mol. The predicted octanol–water partition coefficient (Wildman–Crippen LogP) is 1.11. The number of aryl methyl sites for hydroxylation is 1. The number of nitrogens with zero attached hydrogens (tertiary/aromatic N) is 6. The van der Waals surface area contributed by atoms with Crippen molar-refractivity contribution in [3.8, 4) is 0 Å². The molecule has 1 aliphatic heterocycles. The Morgan fingerprint density at radius 1 is 1.35 bits per heavy atom. The van der Waals surface area contributed by atoms with Gasteiger partial charge in [-0.25, -0.2) is 0 Å². The Balaban J connectivity index is 1.53. The van der Waals surface area contributed by atoms with Gasteiger partial charge in [0.1, 0.15) is 0 Å². The van der Waals surface area contributed by atoms with E-state index in [1.165, 1.54) is 16.4 Å². The lowest BCUT2D eigenvalue weighted by molar-refractivity contribution is 0.0850. The van der Waals surface area contributed by atoms with Crippen LogP contribution in [0.5, 0.6) is 0 Å². The first kappa shape index (κ1) is 13.6. The van der Waals surface area contributed by atoms with Gasteiger partial charge in [0.15, 0.2) is 5.82 Å². The molecule has 1 fully saturated rings. The molecule has 2 aromatic rings. The average Bonchev–Trinajstić information content (AvgIpc) is 3.10. The quantitative estimate of drug-likeness (QED) is 0.836. The summed E-state index contributed by atoms with van der Waals surface area (Å²) >= 11 is 1.47. The first-order valence-corrected chi connectivity index (χ1v) is 7.52. The Morgan fingerprint density at radius 3 is 2.75 bits per heavy atom. The number of rotatable bonds is 4. The van der Waals surface area contributed by atoms with Gasteiger partial charge in [-0.15, -0.1) is 5.10 Å². The van der Waals surface area contributed by atoms with Crippen molar-refractivity contribution in [2.75, 3.05) is 26.2 Å². The third kappa shape index (κ3) is 3.02. The molecule has 0 amide bonds. The average molecular weight is 294 g/mol. The van der Waals surface area contributed by atoms with Crippen molar-refractivity contribution >= 4 is 11.5 Å². The van der Waals surface area contributed by atoms with Crippen molar-refractivity contribution in [1.82, 2.24) is 29.5 Å². The molecule has 3 rings (SSSR count). The van der Waals surface area contributed by atoms with Gasteiger partial charge in [-0.05, 0) is 25.4 Å². The Morgan fingerprint density at radius 2 is 2.15 bits per heavy atom. The molecule has 0 aromatic carbocycles. The highest BCUT2D eigenvalue weighted by atomic mass is 32.1. The van der Waals surface area contributed by atoms with Gasteiger partial charge in [-0.3, -0.25) is 9.80 Å². The van der Waals surface area contributed by atoms with Crippen LogP contribution in [-0.4, -0.2) is 55.7 Å². The summed E-state index contributed by atoms with van der Waals surface area (Å²) in [5.41, 5.74) is 0. The molecule has 1 atom stereocenters. The molecular formula is C12H18N6OS. The van der Waals surface area contributed by atoms with Crippen molar-refractivity contribution in [3.05, 3.63) is 22.8 Å². The van der Waals surface area contributed by atoms with Gasteiger partial charge in [-0.1, -0.05) is 9.64 Å². The van der Waals surface area contributed by atoms with Gasteiger partial charge in [0.05, 0.1) is 17.1 Å². The minimum Gasteiger partial charge on any atom is -0.338 e. The summed E-state index contributed by atoms with van der Waals surface area (Å²) in [4.78, 5) is 10.4. The largest absolute Gasteiger partial charge is 0.338 e. The Bertz CT molecular complexity index is 534. The van der Waals surface area contributed by atoms with Crippen molar-refractivity contribution in [2.45, 2.75) is 26.4 Å². The van der Waals surface area contributed by atoms with Crippen molar-refractivity contribution < 1.29 is 4.52 Å². The lowest BCUT2D eigenvalue weighted by atomic mass is 10.2. The zero-order valence-corrected chi connectivity index (χ0v) is 12.5. The molecule has 0 radical (unpaired) electrons. The third-order valence-electron chi connectivity index (χ3n) is 3.64. The second-order valence-electron chi connectivity index (χ2n) is 5.05. The van der Waals surface area contributed by atoms with Crippen LogP contribution in [-0.2, 0) is 6.54 Å². The summed E-state index contributed by atoms with van der Waals surface area (Å²) in [6, 6.07) is 0.184. The smallest absolute Gasteiger partial charge is 0.243 e. The molecule has 108 valence electrons. The highest BCUT2D eigenvalue weighted by Crippen LogP contribution is 2.20. The van der Waals surface area contributed by atoms with E-state index in [1.807, 2.05) is 13.1 Å². The summed E-state index contributed by atoms with van der Waals surface area (Å²) in [6.07, 6.45) is 1.85. The fourth-order valence-electron chi connectivity index (χ4n) is 2.43. The Kier molecular flexibility index (Phi) is 4.04. The Hall–Kier alpha value is -1.38. The maximum atomic E-state index is 5.26. The maximum Gasteiger partial charge on any atom is 0.243 e. The third-order valence-corrected chi connectivity index (χ3v) is 4.29. The molecule has 20 heavy (non-hydrogen) atoms. The second-order valence-corrected chi connectivity index (χ2v) is 5.92. The zero-order chi connectivity index (χ0) is 13.9. The predicted molar refractivity (Wildman–Crippen MR) is 74.2 cm³/mol. The number of hydrogen-bond donors (Lipinski definition) is 0. The van der Waals surface area contributed by atoms with E-state index in [9.17, 15) is 0 Å². The van der Waals surface area contributed by atoms with Crippen LogP contribution in [0.4, 0.5) is 0 Å². The van der Waals surface area contributed by atoms with E-state index < -0.39 is 0 Å².